The zero-order chi connectivity index (χ0) is 21.5. The molecule has 2 aromatic carbocycles. The lowest BCUT2D eigenvalue weighted by Crippen LogP contribution is -2.31. The van der Waals surface area contributed by atoms with Gasteiger partial charge in [-0.2, -0.15) is 0 Å². The monoisotopic (exact) mass is 443 g/mol. The highest BCUT2D eigenvalue weighted by Crippen LogP contribution is 2.30. The number of benzene rings is 2. The van der Waals surface area contributed by atoms with Crippen LogP contribution in [0.1, 0.15) is 12.5 Å². The van der Waals surface area contributed by atoms with Crippen LogP contribution in [-0.4, -0.2) is 37.6 Å². The van der Waals surface area contributed by atoms with Crippen LogP contribution in [0.15, 0.2) is 53.4 Å². The summed E-state index contributed by atoms with van der Waals surface area (Å²) in [5, 5.41) is 13.5. The van der Waals surface area contributed by atoms with E-state index < -0.39 is 0 Å². The van der Waals surface area contributed by atoms with Crippen molar-refractivity contribution in [1.82, 2.24) is 10.3 Å². The van der Waals surface area contributed by atoms with Crippen LogP contribution >= 0.6 is 23.5 Å². The standard InChI is InChI=1S/C22H26ClN5OS/c1-3-28(11-10-25-2)21-9-8-17-19(27-21)13-16(14-20(17)30-24)26-22(29)12-15-6-4-5-7-18(15)23/h4-9,13-14,25H,3,10-12,24H2,1-2H3,(H,26,29). The molecule has 158 valence electrons. The van der Waals surface area contributed by atoms with Gasteiger partial charge in [0.05, 0.1) is 11.9 Å². The van der Waals surface area contributed by atoms with Crippen LogP contribution in [0.25, 0.3) is 10.9 Å². The van der Waals surface area contributed by atoms with Crippen LogP contribution < -0.4 is 20.7 Å². The van der Waals surface area contributed by atoms with Gasteiger partial charge in [0.25, 0.3) is 0 Å². The lowest BCUT2D eigenvalue weighted by atomic mass is 10.1. The molecular formula is C22H26ClN5OS. The first kappa shape index (κ1) is 22.4. The number of rotatable bonds is 9. The van der Waals surface area contributed by atoms with Gasteiger partial charge in [-0.3, -0.25) is 9.93 Å². The van der Waals surface area contributed by atoms with Gasteiger partial charge in [-0.25, -0.2) is 4.98 Å². The molecule has 4 N–H and O–H groups in total. The summed E-state index contributed by atoms with van der Waals surface area (Å²) in [6.45, 7) is 4.69. The second-order valence-corrected chi connectivity index (χ2v) is 7.91. The molecule has 0 unspecified atom stereocenters. The van der Waals surface area contributed by atoms with Crippen LogP contribution in [0, 0.1) is 0 Å². The van der Waals surface area contributed by atoms with E-state index in [0.29, 0.717) is 10.7 Å². The number of hydrogen-bond acceptors (Lipinski definition) is 6. The zero-order valence-corrected chi connectivity index (χ0v) is 18.7. The Hall–Kier alpha value is -2.32. The van der Waals surface area contributed by atoms with Crippen molar-refractivity contribution >= 4 is 51.9 Å². The lowest BCUT2D eigenvalue weighted by molar-refractivity contribution is -0.115. The van der Waals surface area contributed by atoms with E-state index in [1.165, 1.54) is 0 Å². The number of anilines is 2. The van der Waals surface area contributed by atoms with Crippen LogP contribution in [0.4, 0.5) is 11.5 Å². The molecule has 1 heterocycles. The van der Waals surface area contributed by atoms with Gasteiger partial charge in [0.1, 0.15) is 5.82 Å². The second-order valence-electron chi connectivity index (χ2n) is 6.83. The molecule has 0 aliphatic heterocycles. The Bertz CT molecular complexity index is 1030. The van der Waals surface area contributed by atoms with E-state index in [4.69, 9.17) is 21.7 Å². The molecule has 3 aromatic rings. The molecule has 0 atom stereocenters. The van der Waals surface area contributed by atoms with Gasteiger partial charge in [-0.05, 0) is 61.8 Å². The maximum Gasteiger partial charge on any atom is 0.228 e. The van der Waals surface area contributed by atoms with Crippen LogP contribution in [0.3, 0.4) is 0 Å². The summed E-state index contributed by atoms with van der Waals surface area (Å²) in [4.78, 5) is 20.5. The fraction of sp³-hybridized carbons (Fsp3) is 0.273. The third kappa shape index (κ3) is 5.43. The number of halogens is 1. The summed E-state index contributed by atoms with van der Waals surface area (Å²) in [5.74, 6) is 0.753. The minimum atomic E-state index is -0.143. The Morgan fingerprint density at radius 1 is 1.23 bits per heavy atom. The summed E-state index contributed by atoms with van der Waals surface area (Å²) in [6.07, 6.45) is 0.198. The maximum atomic E-state index is 12.6. The van der Waals surface area contributed by atoms with Gasteiger partial charge in [0.15, 0.2) is 0 Å². The molecule has 0 aliphatic carbocycles. The number of hydrogen-bond donors (Lipinski definition) is 3. The molecule has 3 rings (SSSR count). The van der Waals surface area contributed by atoms with Gasteiger partial charge in [-0.15, -0.1) is 0 Å². The number of amides is 1. The Morgan fingerprint density at radius 2 is 2.03 bits per heavy atom. The molecule has 0 saturated carbocycles. The van der Waals surface area contributed by atoms with Crippen molar-refractivity contribution in [3.8, 4) is 0 Å². The van der Waals surface area contributed by atoms with Crippen LogP contribution in [0.5, 0.6) is 0 Å². The average Bonchev–Trinajstić information content (AvgIpc) is 2.75. The maximum absolute atomic E-state index is 12.6. The fourth-order valence-electron chi connectivity index (χ4n) is 3.24. The first-order valence-electron chi connectivity index (χ1n) is 9.80. The summed E-state index contributed by atoms with van der Waals surface area (Å²) >= 11 is 7.32. The van der Waals surface area contributed by atoms with E-state index in [1.807, 2.05) is 49.5 Å². The Morgan fingerprint density at radius 3 is 2.73 bits per heavy atom. The SMILES string of the molecule is CCN(CCNC)c1ccc2c(SN)cc(NC(=O)Cc3ccccc3Cl)cc2n1. The highest BCUT2D eigenvalue weighted by Gasteiger charge is 2.12. The normalized spacial score (nSPS) is 10.9. The Kier molecular flexibility index (Phi) is 7.93. The van der Waals surface area contributed by atoms with Gasteiger partial charge >= 0.3 is 0 Å². The van der Waals surface area contributed by atoms with E-state index in [0.717, 1.165) is 58.8 Å². The van der Waals surface area contributed by atoms with Crippen molar-refractivity contribution in [1.29, 1.82) is 0 Å². The van der Waals surface area contributed by atoms with Crippen molar-refractivity contribution in [2.75, 3.05) is 36.9 Å². The largest absolute Gasteiger partial charge is 0.356 e. The van der Waals surface area contributed by atoms with Crippen LogP contribution in [-0.2, 0) is 11.2 Å². The van der Waals surface area contributed by atoms with Crippen molar-refractivity contribution in [3.05, 3.63) is 59.1 Å². The number of nitrogens with zero attached hydrogens (tertiary/aromatic N) is 2. The molecule has 0 fully saturated rings. The van der Waals surface area contributed by atoms with Gasteiger partial charge in [-0.1, -0.05) is 29.8 Å². The quantitative estimate of drug-likeness (QED) is 0.432. The predicted octanol–water partition coefficient (Wildman–Crippen LogP) is 4.08. The molecule has 0 aliphatic rings. The van der Waals surface area contributed by atoms with Gasteiger partial charge in [0.2, 0.25) is 5.91 Å². The summed E-state index contributed by atoms with van der Waals surface area (Å²) in [6, 6.07) is 15.1. The fourth-order valence-corrected chi connectivity index (χ4v) is 3.93. The highest BCUT2D eigenvalue weighted by atomic mass is 35.5. The number of carbonyl (C=O) groups excluding carboxylic acids is 1. The van der Waals surface area contributed by atoms with Gasteiger partial charge in [0, 0.05) is 40.6 Å². The number of nitrogens with one attached hydrogen (secondary N) is 2. The zero-order valence-electron chi connectivity index (χ0n) is 17.1. The third-order valence-electron chi connectivity index (χ3n) is 4.81. The summed E-state index contributed by atoms with van der Waals surface area (Å²) < 4.78 is 0. The first-order valence-corrected chi connectivity index (χ1v) is 11.1. The molecule has 0 bridgehead atoms. The number of fused-ring (bicyclic) bond motifs is 1. The van der Waals surface area contributed by atoms with Crippen molar-refractivity contribution in [3.63, 3.8) is 0 Å². The minimum Gasteiger partial charge on any atom is -0.356 e. The molecule has 8 heteroatoms. The Labute approximate surface area is 186 Å². The van der Waals surface area contributed by atoms with E-state index in [9.17, 15) is 4.79 Å². The number of nitrogens with two attached hydrogens (primary N) is 1. The average molecular weight is 444 g/mol. The van der Waals surface area contributed by atoms with E-state index in [-0.39, 0.29) is 12.3 Å². The predicted molar refractivity (Wildman–Crippen MR) is 127 cm³/mol. The second kappa shape index (κ2) is 10.6. The van der Waals surface area contributed by atoms with E-state index in [2.05, 4.69) is 22.5 Å². The van der Waals surface area contributed by atoms with Crippen molar-refractivity contribution in [2.24, 2.45) is 5.14 Å². The van der Waals surface area contributed by atoms with Gasteiger partial charge < -0.3 is 15.5 Å². The first-order chi connectivity index (χ1) is 14.5. The number of likely N-dealkylation sites (N-methyl/N-ethyl adjacent to an activating group) is 2. The van der Waals surface area contributed by atoms with Crippen molar-refractivity contribution in [2.45, 2.75) is 18.2 Å². The molecule has 30 heavy (non-hydrogen) atoms. The smallest absolute Gasteiger partial charge is 0.228 e. The molecular weight excluding hydrogens is 418 g/mol. The summed E-state index contributed by atoms with van der Waals surface area (Å²) in [7, 11) is 1.93. The van der Waals surface area contributed by atoms with Crippen molar-refractivity contribution < 1.29 is 4.79 Å². The number of carbonyl (C=O) groups is 1. The Balaban J connectivity index is 1.87. The topological polar surface area (TPSA) is 83.3 Å². The number of aromatic nitrogens is 1. The van der Waals surface area contributed by atoms with E-state index >= 15 is 0 Å². The highest BCUT2D eigenvalue weighted by molar-refractivity contribution is 7.97. The molecule has 0 spiro atoms. The minimum absolute atomic E-state index is 0.143. The molecule has 1 aromatic heterocycles. The molecule has 1 amide bonds. The number of pyridine rings is 1. The van der Waals surface area contributed by atoms with E-state index in [1.54, 1.807) is 6.07 Å². The lowest BCUT2D eigenvalue weighted by Gasteiger charge is -2.22. The summed E-state index contributed by atoms with van der Waals surface area (Å²) in [5.41, 5.74) is 2.24. The molecule has 0 saturated heterocycles. The third-order valence-corrected chi connectivity index (χ3v) is 5.77. The van der Waals surface area contributed by atoms with Crippen LogP contribution in [0.2, 0.25) is 5.02 Å². The molecule has 6 nitrogen and oxygen atoms in total. The molecule has 0 radical (unpaired) electrons.